The van der Waals surface area contributed by atoms with Crippen molar-refractivity contribution in [2.45, 2.75) is 6.18 Å². The second-order valence-corrected chi connectivity index (χ2v) is 10.6. The Labute approximate surface area is 224 Å². The summed E-state index contributed by atoms with van der Waals surface area (Å²) in [7, 11) is 0. The summed E-state index contributed by atoms with van der Waals surface area (Å²) in [5.41, 5.74) is -0.670. The standard InChI is InChI=1S/C7H3Br2F3.C6H2Br2F2.C6H3Br2F/c8-4-1-2-6(9)5(3-4)7(10,11)12;7-3-1-5(9)4(8)2-6(3)10;7-4-1-2-5(8)6(9)3-4/h1-3H;1-2H;1-3H. The maximum absolute atomic E-state index is 12.5. The predicted octanol–water partition coefficient (Wildman–Crippen LogP) is 11.1. The van der Waals surface area contributed by atoms with Gasteiger partial charge in [0, 0.05) is 13.4 Å². The molecule has 0 unspecified atom stereocenters. The highest BCUT2D eigenvalue weighted by Gasteiger charge is 2.32. The Bertz CT molecular complexity index is 989. The number of hydrogen-bond acceptors (Lipinski definition) is 0. The summed E-state index contributed by atoms with van der Waals surface area (Å²) in [4.78, 5) is 0. The van der Waals surface area contributed by atoms with Gasteiger partial charge in [0.1, 0.15) is 17.5 Å². The zero-order valence-corrected chi connectivity index (χ0v) is 24.2. The second-order valence-electron chi connectivity index (χ2n) is 5.36. The van der Waals surface area contributed by atoms with E-state index < -0.39 is 23.4 Å². The molecule has 0 atom stereocenters. The molecule has 0 bridgehead atoms. The molecule has 0 nitrogen and oxygen atoms in total. The Morgan fingerprint density at radius 3 is 1.23 bits per heavy atom. The summed E-state index contributed by atoms with van der Waals surface area (Å²) in [5.74, 6) is -1.20. The normalized spacial score (nSPS) is 10.6. The van der Waals surface area contributed by atoms with Gasteiger partial charge in [0.15, 0.2) is 0 Å². The van der Waals surface area contributed by atoms with Gasteiger partial charge in [-0.25, -0.2) is 13.2 Å². The molecule has 0 spiro atoms. The summed E-state index contributed by atoms with van der Waals surface area (Å²) in [6.45, 7) is 0. The van der Waals surface area contributed by atoms with Crippen molar-refractivity contribution >= 4 is 95.6 Å². The van der Waals surface area contributed by atoms with Gasteiger partial charge in [-0.15, -0.1) is 0 Å². The monoisotopic (exact) mass is 824 g/mol. The van der Waals surface area contributed by atoms with Crippen molar-refractivity contribution in [2.24, 2.45) is 0 Å². The van der Waals surface area contributed by atoms with Crippen LogP contribution >= 0.6 is 95.6 Å². The molecule has 3 aromatic rings. The highest BCUT2D eigenvalue weighted by Crippen LogP contribution is 2.36. The number of rotatable bonds is 0. The quantitative estimate of drug-likeness (QED) is 0.156. The molecule has 0 fully saturated rings. The summed E-state index contributed by atoms with van der Waals surface area (Å²) in [6, 6.07) is 10.9. The first kappa shape index (κ1) is 29.2. The van der Waals surface area contributed by atoms with Gasteiger partial charge in [0.25, 0.3) is 0 Å². The van der Waals surface area contributed by atoms with Crippen LogP contribution in [0, 0.1) is 17.5 Å². The Morgan fingerprint density at radius 2 is 0.871 bits per heavy atom. The molecular weight excluding hydrogens is 822 g/mol. The van der Waals surface area contributed by atoms with Gasteiger partial charge in [-0.3, -0.25) is 0 Å². The first-order valence-electron chi connectivity index (χ1n) is 7.65. The van der Waals surface area contributed by atoms with E-state index in [2.05, 4.69) is 95.6 Å². The number of benzene rings is 3. The third-order valence-corrected chi connectivity index (χ3v) is 6.62. The average molecular weight is 830 g/mol. The van der Waals surface area contributed by atoms with Crippen LogP contribution in [0.4, 0.5) is 26.3 Å². The number of halogens is 12. The summed E-state index contributed by atoms with van der Waals surface area (Å²) in [6.07, 6.45) is -4.30. The molecule has 0 radical (unpaired) electrons. The van der Waals surface area contributed by atoms with Crippen LogP contribution in [-0.4, -0.2) is 0 Å². The number of hydrogen-bond donors (Lipinski definition) is 0. The molecule has 0 aliphatic carbocycles. The smallest absolute Gasteiger partial charge is 0.206 e. The third kappa shape index (κ3) is 10.3. The lowest BCUT2D eigenvalue weighted by Gasteiger charge is -2.08. The van der Waals surface area contributed by atoms with Gasteiger partial charge in [0.2, 0.25) is 0 Å². The van der Waals surface area contributed by atoms with Crippen LogP contribution in [0.5, 0.6) is 0 Å². The molecular formula is C19H8Br6F6. The molecule has 0 aromatic heterocycles. The first-order chi connectivity index (χ1) is 14.2. The average Bonchev–Trinajstić information content (AvgIpc) is 2.66. The molecule has 0 saturated heterocycles. The van der Waals surface area contributed by atoms with E-state index in [1.165, 1.54) is 12.1 Å². The zero-order valence-electron chi connectivity index (χ0n) is 14.7. The summed E-state index contributed by atoms with van der Waals surface area (Å²) >= 11 is 17.7. The molecule has 31 heavy (non-hydrogen) atoms. The van der Waals surface area contributed by atoms with E-state index in [4.69, 9.17) is 0 Å². The minimum Gasteiger partial charge on any atom is -0.206 e. The zero-order chi connectivity index (χ0) is 23.9. The van der Waals surface area contributed by atoms with Crippen LogP contribution in [-0.2, 0) is 6.18 Å². The molecule has 0 saturated carbocycles. The fraction of sp³-hybridized carbons (Fsp3) is 0.0526. The van der Waals surface area contributed by atoms with Crippen molar-refractivity contribution in [1.29, 1.82) is 0 Å². The Morgan fingerprint density at radius 1 is 0.484 bits per heavy atom. The van der Waals surface area contributed by atoms with Crippen molar-refractivity contribution in [3.63, 3.8) is 0 Å². The molecule has 0 aliphatic rings. The van der Waals surface area contributed by atoms with Gasteiger partial charge in [0.05, 0.1) is 19.0 Å². The minimum absolute atomic E-state index is 0.0539. The summed E-state index contributed by atoms with van der Waals surface area (Å²) in [5, 5.41) is 0. The van der Waals surface area contributed by atoms with Crippen molar-refractivity contribution in [3.05, 3.63) is 98.4 Å². The van der Waals surface area contributed by atoms with E-state index in [-0.39, 0.29) is 19.2 Å². The Balaban J connectivity index is 0.000000235. The SMILES string of the molecule is FC(F)(F)c1cc(Br)ccc1Br.Fc1cc(Br)c(F)cc1Br.Fc1cc(Br)ccc1Br. The van der Waals surface area contributed by atoms with E-state index in [0.29, 0.717) is 8.95 Å². The second kappa shape index (κ2) is 13.1. The molecule has 12 heteroatoms. The van der Waals surface area contributed by atoms with Crippen LogP contribution in [0.2, 0.25) is 0 Å². The van der Waals surface area contributed by atoms with Crippen molar-refractivity contribution in [1.82, 2.24) is 0 Å². The van der Waals surface area contributed by atoms with Gasteiger partial charge in [-0.2, -0.15) is 13.2 Å². The molecule has 0 N–H and O–H groups in total. The lowest BCUT2D eigenvalue weighted by molar-refractivity contribution is -0.138. The molecule has 3 rings (SSSR count). The topological polar surface area (TPSA) is 0 Å². The van der Waals surface area contributed by atoms with Crippen LogP contribution < -0.4 is 0 Å². The van der Waals surface area contributed by atoms with Crippen LogP contribution in [0.3, 0.4) is 0 Å². The Hall–Kier alpha value is 0.120. The van der Waals surface area contributed by atoms with E-state index in [9.17, 15) is 26.3 Å². The molecule has 3 aromatic carbocycles. The molecule has 0 amide bonds. The highest BCUT2D eigenvalue weighted by atomic mass is 79.9. The van der Waals surface area contributed by atoms with Crippen LogP contribution in [0.25, 0.3) is 0 Å². The van der Waals surface area contributed by atoms with Crippen LogP contribution in [0.15, 0.2) is 75.4 Å². The fourth-order valence-electron chi connectivity index (χ4n) is 1.68. The molecule has 0 aliphatic heterocycles. The van der Waals surface area contributed by atoms with Crippen molar-refractivity contribution in [2.75, 3.05) is 0 Å². The van der Waals surface area contributed by atoms with Gasteiger partial charge in [-0.05, 0) is 96.3 Å². The fourth-order valence-corrected chi connectivity index (χ4v) is 3.73. The maximum atomic E-state index is 12.5. The third-order valence-electron chi connectivity index (χ3n) is 3.08. The lowest BCUT2D eigenvalue weighted by Crippen LogP contribution is -2.05. The van der Waals surface area contributed by atoms with E-state index in [1.807, 2.05) is 0 Å². The molecule has 168 valence electrons. The summed E-state index contributed by atoms with van der Waals surface area (Å²) < 4.78 is 76.0. The highest BCUT2D eigenvalue weighted by molar-refractivity contribution is 9.11. The first-order valence-corrected chi connectivity index (χ1v) is 12.4. The largest absolute Gasteiger partial charge is 0.417 e. The van der Waals surface area contributed by atoms with Gasteiger partial charge < -0.3 is 0 Å². The van der Waals surface area contributed by atoms with Crippen molar-refractivity contribution < 1.29 is 26.3 Å². The van der Waals surface area contributed by atoms with E-state index in [1.54, 1.807) is 18.2 Å². The van der Waals surface area contributed by atoms with E-state index in [0.717, 1.165) is 22.7 Å². The molecule has 0 heterocycles. The lowest BCUT2D eigenvalue weighted by atomic mass is 10.2. The van der Waals surface area contributed by atoms with Gasteiger partial charge >= 0.3 is 6.18 Å². The predicted molar refractivity (Wildman–Crippen MR) is 130 cm³/mol. The van der Waals surface area contributed by atoms with Crippen LogP contribution in [0.1, 0.15) is 5.56 Å². The van der Waals surface area contributed by atoms with Crippen molar-refractivity contribution in [3.8, 4) is 0 Å². The Kier molecular flexibility index (Phi) is 12.3. The maximum Gasteiger partial charge on any atom is 0.417 e. The van der Waals surface area contributed by atoms with E-state index >= 15 is 0 Å². The van der Waals surface area contributed by atoms with Gasteiger partial charge in [-0.1, -0.05) is 47.8 Å². The minimum atomic E-state index is -4.30. The number of alkyl halides is 3.